The van der Waals surface area contributed by atoms with E-state index in [1.165, 1.54) is 26.4 Å². The maximum absolute atomic E-state index is 3.45. The normalized spacial score (nSPS) is 11.2. The molecule has 0 aliphatic carbocycles. The van der Waals surface area contributed by atoms with E-state index >= 15 is 0 Å². The van der Waals surface area contributed by atoms with Crippen LogP contribution in [0.1, 0.15) is 29.9 Å². The van der Waals surface area contributed by atoms with E-state index in [9.17, 15) is 0 Å². The molecule has 1 aromatic carbocycles. The molecule has 18 heavy (non-hydrogen) atoms. The van der Waals surface area contributed by atoms with Crippen molar-refractivity contribution in [3.63, 3.8) is 0 Å². The summed E-state index contributed by atoms with van der Waals surface area (Å²) in [6.45, 7) is 9.65. The van der Waals surface area contributed by atoms with Crippen molar-refractivity contribution in [2.45, 2.75) is 40.3 Å². The Hall–Kier alpha value is -1.12. The third-order valence-corrected chi connectivity index (χ3v) is 4.05. The van der Waals surface area contributed by atoms with Crippen LogP contribution in [-0.2, 0) is 6.54 Å². The number of rotatable bonds is 4. The molecular weight excluding hydrogens is 238 g/mol. The highest BCUT2D eigenvalue weighted by Gasteiger charge is 2.05. The zero-order valence-corrected chi connectivity index (χ0v) is 12.4. The van der Waals surface area contributed by atoms with Crippen molar-refractivity contribution in [3.8, 4) is 10.4 Å². The summed E-state index contributed by atoms with van der Waals surface area (Å²) < 4.78 is 0. The van der Waals surface area contributed by atoms with Crippen molar-refractivity contribution in [2.75, 3.05) is 0 Å². The number of benzene rings is 1. The van der Waals surface area contributed by atoms with Gasteiger partial charge in [0.15, 0.2) is 0 Å². The lowest BCUT2D eigenvalue weighted by Gasteiger charge is -2.10. The molecule has 0 saturated carbocycles. The lowest BCUT2D eigenvalue weighted by molar-refractivity contribution is 0.589. The first-order valence-electron chi connectivity index (χ1n) is 6.46. The number of thiophene rings is 1. The first-order chi connectivity index (χ1) is 8.56. The molecule has 96 valence electrons. The molecule has 2 aromatic rings. The molecule has 0 saturated heterocycles. The number of hydrogen-bond donors (Lipinski definition) is 1. The molecule has 2 rings (SSSR count). The fourth-order valence-electron chi connectivity index (χ4n) is 2.01. The third kappa shape index (κ3) is 3.21. The molecular formula is C16H21NS. The van der Waals surface area contributed by atoms with Gasteiger partial charge in [0.2, 0.25) is 0 Å². The first kappa shape index (κ1) is 13.3. The Bertz CT molecular complexity index is 526. The highest BCUT2D eigenvalue weighted by Crippen LogP contribution is 2.30. The second-order valence-electron chi connectivity index (χ2n) is 5.10. The highest BCUT2D eigenvalue weighted by atomic mass is 32.1. The molecule has 0 bridgehead atoms. The predicted molar refractivity (Wildman–Crippen MR) is 81.2 cm³/mol. The molecule has 1 N–H and O–H groups in total. The maximum Gasteiger partial charge on any atom is 0.0348 e. The molecule has 0 fully saturated rings. The Morgan fingerprint density at radius 1 is 1.11 bits per heavy atom. The molecule has 0 spiro atoms. The lowest BCUT2D eigenvalue weighted by atomic mass is 10.0. The molecule has 0 aliphatic heterocycles. The molecule has 1 nitrogen and oxygen atoms in total. The number of hydrogen-bond acceptors (Lipinski definition) is 2. The van der Waals surface area contributed by atoms with Crippen LogP contribution < -0.4 is 5.32 Å². The summed E-state index contributed by atoms with van der Waals surface area (Å²) in [5.74, 6) is 0. The van der Waals surface area contributed by atoms with Gasteiger partial charge in [-0.1, -0.05) is 32.0 Å². The van der Waals surface area contributed by atoms with E-state index in [4.69, 9.17) is 0 Å². The van der Waals surface area contributed by atoms with Crippen molar-refractivity contribution < 1.29 is 0 Å². The standard InChI is InChI=1S/C16H21NS/c1-11(2)17-10-14-6-7-15(12(3)9-14)16-8-5-13(4)18-16/h5-9,11,17H,10H2,1-4H3. The summed E-state index contributed by atoms with van der Waals surface area (Å²) in [5.41, 5.74) is 4.08. The van der Waals surface area contributed by atoms with Crippen LogP contribution in [0.2, 0.25) is 0 Å². The maximum atomic E-state index is 3.45. The number of nitrogens with one attached hydrogen (secondary N) is 1. The smallest absolute Gasteiger partial charge is 0.0348 e. The fraction of sp³-hybridized carbons (Fsp3) is 0.375. The molecule has 0 atom stereocenters. The SMILES string of the molecule is Cc1ccc(-c2ccc(CNC(C)C)cc2C)s1. The Labute approximate surface area is 114 Å². The summed E-state index contributed by atoms with van der Waals surface area (Å²) in [6, 6.07) is 11.7. The third-order valence-electron chi connectivity index (χ3n) is 3.01. The van der Waals surface area contributed by atoms with Gasteiger partial charge in [-0.3, -0.25) is 0 Å². The van der Waals surface area contributed by atoms with Crippen molar-refractivity contribution in [1.29, 1.82) is 0 Å². The lowest BCUT2D eigenvalue weighted by Crippen LogP contribution is -2.21. The van der Waals surface area contributed by atoms with Gasteiger partial charge in [0.25, 0.3) is 0 Å². The first-order valence-corrected chi connectivity index (χ1v) is 7.27. The Balaban J connectivity index is 2.20. The zero-order chi connectivity index (χ0) is 13.1. The van der Waals surface area contributed by atoms with Crippen LogP contribution in [0.15, 0.2) is 30.3 Å². The van der Waals surface area contributed by atoms with Crippen molar-refractivity contribution >= 4 is 11.3 Å². The van der Waals surface area contributed by atoms with Crippen molar-refractivity contribution in [3.05, 3.63) is 46.3 Å². The Morgan fingerprint density at radius 2 is 1.89 bits per heavy atom. The van der Waals surface area contributed by atoms with Gasteiger partial charge in [-0.2, -0.15) is 0 Å². The van der Waals surface area contributed by atoms with Crippen molar-refractivity contribution in [1.82, 2.24) is 5.32 Å². The van der Waals surface area contributed by atoms with Crippen LogP contribution in [0.4, 0.5) is 0 Å². The molecule has 0 amide bonds. The summed E-state index contributed by atoms with van der Waals surface area (Å²) in [4.78, 5) is 2.74. The van der Waals surface area contributed by atoms with Crippen LogP contribution >= 0.6 is 11.3 Å². The van der Waals surface area contributed by atoms with Gasteiger partial charge in [0.1, 0.15) is 0 Å². The van der Waals surface area contributed by atoms with Crippen LogP contribution in [0.5, 0.6) is 0 Å². The molecule has 1 heterocycles. The quantitative estimate of drug-likeness (QED) is 0.850. The van der Waals surface area contributed by atoms with E-state index < -0.39 is 0 Å². The van der Waals surface area contributed by atoms with Gasteiger partial charge in [-0.05, 0) is 42.7 Å². The predicted octanol–water partition coefficient (Wildman–Crippen LogP) is 4.53. The second-order valence-corrected chi connectivity index (χ2v) is 6.38. The molecule has 1 aromatic heterocycles. The van der Waals surface area contributed by atoms with E-state index in [1.54, 1.807) is 0 Å². The minimum absolute atomic E-state index is 0.532. The Kier molecular flexibility index (Phi) is 4.20. The molecule has 0 radical (unpaired) electrons. The van der Waals surface area contributed by atoms with Crippen LogP contribution in [-0.4, -0.2) is 6.04 Å². The van der Waals surface area contributed by atoms with Crippen LogP contribution in [0.3, 0.4) is 0 Å². The van der Waals surface area contributed by atoms with Crippen LogP contribution in [0, 0.1) is 13.8 Å². The Morgan fingerprint density at radius 3 is 2.44 bits per heavy atom. The van der Waals surface area contributed by atoms with E-state index in [2.05, 4.69) is 63.3 Å². The van der Waals surface area contributed by atoms with Gasteiger partial charge < -0.3 is 5.32 Å². The minimum Gasteiger partial charge on any atom is -0.310 e. The minimum atomic E-state index is 0.532. The van der Waals surface area contributed by atoms with Gasteiger partial charge in [-0.15, -0.1) is 11.3 Å². The molecule has 2 heteroatoms. The number of aryl methyl sites for hydroxylation is 2. The average molecular weight is 259 g/mol. The van der Waals surface area contributed by atoms with E-state index in [0.717, 1.165) is 6.54 Å². The van der Waals surface area contributed by atoms with Crippen molar-refractivity contribution in [2.24, 2.45) is 0 Å². The van der Waals surface area contributed by atoms with Crippen LogP contribution in [0.25, 0.3) is 10.4 Å². The van der Waals surface area contributed by atoms with Gasteiger partial charge in [-0.25, -0.2) is 0 Å². The summed E-state index contributed by atoms with van der Waals surface area (Å²) >= 11 is 1.86. The topological polar surface area (TPSA) is 12.0 Å². The van der Waals surface area contributed by atoms with Gasteiger partial charge in [0.05, 0.1) is 0 Å². The summed E-state index contributed by atoms with van der Waals surface area (Å²) in [5, 5.41) is 3.45. The van der Waals surface area contributed by atoms with Gasteiger partial charge in [0, 0.05) is 22.3 Å². The second kappa shape index (κ2) is 5.68. The van der Waals surface area contributed by atoms with E-state index in [-0.39, 0.29) is 0 Å². The zero-order valence-electron chi connectivity index (χ0n) is 11.6. The summed E-state index contributed by atoms with van der Waals surface area (Å²) in [7, 11) is 0. The molecule has 0 unspecified atom stereocenters. The summed E-state index contributed by atoms with van der Waals surface area (Å²) in [6.07, 6.45) is 0. The van der Waals surface area contributed by atoms with E-state index in [1.807, 2.05) is 11.3 Å². The fourth-order valence-corrected chi connectivity index (χ4v) is 2.97. The average Bonchev–Trinajstić information content (AvgIpc) is 2.73. The van der Waals surface area contributed by atoms with E-state index in [0.29, 0.717) is 6.04 Å². The molecule has 0 aliphatic rings. The highest BCUT2D eigenvalue weighted by molar-refractivity contribution is 7.15. The monoisotopic (exact) mass is 259 g/mol. The van der Waals surface area contributed by atoms with Gasteiger partial charge >= 0.3 is 0 Å². The largest absolute Gasteiger partial charge is 0.310 e.